The molecular formula is C16H25NO2. The van der Waals surface area contributed by atoms with E-state index >= 15 is 0 Å². The first-order chi connectivity index (χ1) is 9.42. The maximum Gasteiger partial charge on any atom is 0.0828 e. The average Bonchev–Trinajstić information content (AvgIpc) is 2.46. The van der Waals surface area contributed by atoms with Crippen molar-refractivity contribution in [2.75, 3.05) is 33.4 Å². The molecule has 0 saturated carbocycles. The number of ether oxygens (including phenoxy) is 2. The van der Waals surface area contributed by atoms with Gasteiger partial charge in [0.05, 0.1) is 12.7 Å². The lowest BCUT2D eigenvalue weighted by molar-refractivity contribution is 0.0425. The second-order valence-electron chi connectivity index (χ2n) is 5.05. The Kier molecular flexibility index (Phi) is 6.34. The van der Waals surface area contributed by atoms with Gasteiger partial charge in [-0.2, -0.15) is 0 Å². The predicted molar refractivity (Wildman–Crippen MR) is 77.4 cm³/mol. The molecule has 0 aromatic heterocycles. The summed E-state index contributed by atoms with van der Waals surface area (Å²) < 4.78 is 11.0. The van der Waals surface area contributed by atoms with Crippen LogP contribution in [0.2, 0.25) is 0 Å². The zero-order valence-electron chi connectivity index (χ0n) is 11.9. The molecule has 0 fully saturated rings. The van der Waals surface area contributed by atoms with Crippen molar-refractivity contribution in [1.82, 2.24) is 5.32 Å². The first-order valence-electron chi connectivity index (χ1n) is 7.31. The molecule has 0 radical (unpaired) electrons. The lowest BCUT2D eigenvalue weighted by Gasteiger charge is -2.25. The van der Waals surface area contributed by atoms with Crippen molar-refractivity contribution in [3.63, 3.8) is 0 Å². The Bertz CT molecular complexity index is 368. The van der Waals surface area contributed by atoms with E-state index < -0.39 is 0 Å². The number of benzene rings is 1. The third kappa shape index (κ3) is 4.60. The lowest BCUT2D eigenvalue weighted by atomic mass is 9.89. The summed E-state index contributed by atoms with van der Waals surface area (Å²) >= 11 is 0. The second kappa shape index (κ2) is 8.31. The van der Waals surface area contributed by atoms with Gasteiger partial charge < -0.3 is 14.8 Å². The number of nitrogens with one attached hydrogen (secondary N) is 1. The predicted octanol–water partition coefficient (Wildman–Crippen LogP) is 2.71. The van der Waals surface area contributed by atoms with E-state index in [4.69, 9.17) is 9.47 Å². The number of rotatable bonds is 8. The number of hydrogen-bond donors (Lipinski definition) is 1. The van der Waals surface area contributed by atoms with Gasteiger partial charge in [-0.15, -0.1) is 0 Å². The van der Waals surface area contributed by atoms with Crippen molar-refractivity contribution in [1.29, 1.82) is 0 Å². The molecule has 0 bridgehead atoms. The highest BCUT2D eigenvalue weighted by atomic mass is 16.5. The van der Waals surface area contributed by atoms with Crippen LogP contribution in [0, 0.1) is 0 Å². The van der Waals surface area contributed by atoms with Crippen LogP contribution in [0.4, 0.5) is 0 Å². The van der Waals surface area contributed by atoms with Gasteiger partial charge in [0, 0.05) is 20.3 Å². The van der Waals surface area contributed by atoms with Gasteiger partial charge in [0.25, 0.3) is 0 Å². The fraction of sp³-hybridized carbons (Fsp3) is 0.625. The van der Waals surface area contributed by atoms with Crippen LogP contribution >= 0.6 is 0 Å². The fourth-order valence-electron chi connectivity index (χ4n) is 2.62. The summed E-state index contributed by atoms with van der Waals surface area (Å²) in [6.07, 6.45) is 4.95. The molecule has 0 aliphatic heterocycles. The van der Waals surface area contributed by atoms with Crippen LogP contribution in [0.25, 0.3) is 0 Å². The molecule has 1 aromatic rings. The molecule has 0 spiro atoms. The van der Waals surface area contributed by atoms with E-state index in [0.29, 0.717) is 6.10 Å². The number of aryl methyl sites for hydroxylation is 1. The Balaban J connectivity index is 1.67. The Morgan fingerprint density at radius 3 is 3.00 bits per heavy atom. The molecule has 1 unspecified atom stereocenters. The van der Waals surface area contributed by atoms with Crippen LogP contribution in [0.15, 0.2) is 24.3 Å². The van der Waals surface area contributed by atoms with Crippen LogP contribution in [-0.2, 0) is 15.9 Å². The highest BCUT2D eigenvalue weighted by Gasteiger charge is 2.19. The minimum Gasteiger partial charge on any atom is -0.385 e. The Morgan fingerprint density at radius 2 is 2.11 bits per heavy atom. The second-order valence-corrected chi connectivity index (χ2v) is 5.05. The van der Waals surface area contributed by atoms with E-state index in [1.165, 1.54) is 24.0 Å². The van der Waals surface area contributed by atoms with Crippen molar-refractivity contribution in [3.05, 3.63) is 35.4 Å². The van der Waals surface area contributed by atoms with Crippen molar-refractivity contribution in [3.8, 4) is 0 Å². The Labute approximate surface area is 116 Å². The number of hydrogen-bond acceptors (Lipinski definition) is 3. The van der Waals surface area contributed by atoms with Crippen molar-refractivity contribution < 1.29 is 9.47 Å². The van der Waals surface area contributed by atoms with E-state index in [2.05, 4.69) is 29.6 Å². The number of methoxy groups -OCH3 is 1. The standard InChI is InChI=1S/C16H25NO2/c1-18-12-5-10-17-11-13-19-16-9-4-7-14-6-2-3-8-15(14)16/h2-3,6,8,16-17H,4-5,7,9-13H2,1H3. The molecule has 1 atom stereocenters. The van der Waals surface area contributed by atoms with E-state index in [9.17, 15) is 0 Å². The summed E-state index contributed by atoms with van der Waals surface area (Å²) in [5.74, 6) is 0. The summed E-state index contributed by atoms with van der Waals surface area (Å²) in [6.45, 7) is 3.52. The molecular weight excluding hydrogens is 238 g/mol. The highest BCUT2D eigenvalue weighted by molar-refractivity contribution is 5.31. The molecule has 1 aliphatic rings. The fourth-order valence-corrected chi connectivity index (χ4v) is 2.62. The Hall–Kier alpha value is -0.900. The quantitative estimate of drug-likeness (QED) is 0.732. The van der Waals surface area contributed by atoms with Gasteiger partial charge >= 0.3 is 0 Å². The molecule has 0 amide bonds. The largest absolute Gasteiger partial charge is 0.385 e. The molecule has 1 aromatic carbocycles. The van der Waals surface area contributed by atoms with E-state index in [1.54, 1.807) is 7.11 Å². The molecule has 0 saturated heterocycles. The zero-order valence-corrected chi connectivity index (χ0v) is 11.9. The Morgan fingerprint density at radius 1 is 1.21 bits per heavy atom. The maximum absolute atomic E-state index is 6.02. The minimum atomic E-state index is 0.297. The van der Waals surface area contributed by atoms with Crippen molar-refractivity contribution in [2.24, 2.45) is 0 Å². The van der Waals surface area contributed by atoms with Crippen molar-refractivity contribution in [2.45, 2.75) is 31.8 Å². The molecule has 106 valence electrons. The molecule has 1 N–H and O–H groups in total. The van der Waals surface area contributed by atoms with Crippen LogP contribution in [0.5, 0.6) is 0 Å². The topological polar surface area (TPSA) is 30.5 Å². The van der Waals surface area contributed by atoms with Gasteiger partial charge in [-0.05, 0) is 43.4 Å². The van der Waals surface area contributed by atoms with E-state index in [-0.39, 0.29) is 0 Å². The molecule has 3 nitrogen and oxygen atoms in total. The third-order valence-electron chi connectivity index (χ3n) is 3.61. The van der Waals surface area contributed by atoms with E-state index in [0.717, 1.165) is 39.1 Å². The zero-order chi connectivity index (χ0) is 13.3. The van der Waals surface area contributed by atoms with Crippen molar-refractivity contribution >= 4 is 0 Å². The summed E-state index contributed by atoms with van der Waals surface area (Å²) in [4.78, 5) is 0. The van der Waals surface area contributed by atoms with Gasteiger partial charge in [0.15, 0.2) is 0 Å². The monoisotopic (exact) mass is 263 g/mol. The summed E-state index contributed by atoms with van der Waals surface area (Å²) in [6, 6.07) is 8.68. The maximum atomic E-state index is 6.02. The summed E-state index contributed by atoms with van der Waals surface area (Å²) in [7, 11) is 1.74. The molecule has 1 aliphatic carbocycles. The van der Waals surface area contributed by atoms with Gasteiger partial charge in [-0.3, -0.25) is 0 Å². The molecule has 19 heavy (non-hydrogen) atoms. The first kappa shape index (κ1) is 14.5. The average molecular weight is 263 g/mol. The number of fused-ring (bicyclic) bond motifs is 1. The lowest BCUT2D eigenvalue weighted by Crippen LogP contribution is -2.23. The van der Waals surface area contributed by atoms with Crippen LogP contribution in [0.1, 0.15) is 36.5 Å². The third-order valence-corrected chi connectivity index (χ3v) is 3.61. The molecule has 0 heterocycles. The van der Waals surface area contributed by atoms with Gasteiger partial charge in [0.2, 0.25) is 0 Å². The van der Waals surface area contributed by atoms with E-state index in [1.807, 2.05) is 0 Å². The van der Waals surface area contributed by atoms with Gasteiger partial charge in [0.1, 0.15) is 0 Å². The molecule has 3 heteroatoms. The van der Waals surface area contributed by atoms with Gasteiger partial charge in [-0.1, -0.05) is 24.3 Å². The van der Waals surface area contributed by atoms with Crippen LogP contribution < -0.4 is 5.32 Å². The van der Waals surface area contributed by atoms with Gasteiger partial charge in [-0.25, -0.2) is 0 Å². The minimum absolute atomic E-state index is 0.297. The molecule has 2 rings (SSSR count). The summed E-state index contributed by atoms with van der Waals surface area (Å²) in [5.41, 5.74) is 2.86. The highest BCUT2D eigenvalue weighted by Crippen LogP contribution is 2.31. The first-order valence-corrected chi connectivity index (χ1v) is 7.31. The SMILES string of the molecule is COCCCNCCOC1CCCc2ccccc21. The normalized spacial score (nSPS) is 18.3. The summed E-state index contributed by atoms with van der Waals surface area (Å²) in [5, 5.41) is 3.38. The smallest absolute Gasteiger partial charge is 0.0828 e. The van der Waals surface area contributed by atoms with Crippen LogP contribution in [0.3, 0.4) is 0 Å². The van der Waals surface area contributed by atoms with Crippen LogP contribution in [-0.4, -0.2) is 33.4 Å².